The van der Waals surface area contributed by atoms with E-state index in [-0.39, 0.29) is 9.71 Å². The van der Waals surface area contributed by atoms with Crippen LogP contribution in [0.2, 0.25) is 0 Å². The van der Waals surface area contributed by atoms with Gasteiger partial charge < -0.3 is 5.73 Å². The first-order valence-electron chi connectivity index (χ1n) is 4.66. The second-order valence-corrected chi connectivity index (χ2v) is 4.48. The summed E-state index contributed by atoms with van der Waals surface area (Å²) in [5, 5.41) is 10.5. The molecule has 0 unspecified atom stereocenters. The number of benzene rings is 1. The molecule has 1 aromatic carbocycles. The minimum Gasteiger partial charge on any atom is -0.364 e. The van der Waals surface area contributed by atoms with E-state index in [1.54, 1.807) is 0 Å². The molecule has 2 rings (SSSR count). The molecule has 0 saturated heterocycles. The molecular formula is C9H4F3N3O3S. The summed E-state index contributed by atoms with van der Waals surface area (Å²) in [6.45, 7) is 0. The lowest BCUT2D eigenvalue weighted by Crippen LogP contribution is -2.10. The van der Waals surface area contributed by atoms with Gasteiger partial charge in [-0.15, -0.1) is 11.3 Å². The van der Waals surface area contributed by atoms with E-state index in [1.807, 2.05) is 0 Å². The van der Waals surface area contributed by atoms with Gasteiger partial charge >= 0.3 is 11.9 Å². The Morgan fingerprint density at radius 1 is 1.42 bits per heavy atom. The number of hydrogen-bond acceptors (Lipinski definition) is 5. The van der Waals surface area contributed by atoms with Gasteiger partial charge in [0.1, 0.15) is 5.56 Å². The fraction of sp³-hybridized carbons (Fsp3) is 0.111. The lowest BCUT2D eigenvalue weighted by molar-refractivity contribution is -0.386. The number of carbonyl (C=O) groups excluding carboxylic acids is 1. The fourth-order valence-corrected chi connectivity index (χ4v) is 2.32. The van der Waals surface area contributed by atoms with Crippen LogP contribution < -0.4 is 5.73 Å². The van der Waals surface area contributed by atoms with Gasteiger partial charge in [0.15, 0.2) is 10.5 Å². The molecule has 0 spiro atoms. The number of nitrogens with two attached hydrogens (primary N) is 1. The minimum atomic E-state index is -4.88. The van der Waals surface area contributed by atoms with Crippen molar-refractivity contribution in [3.05, 3.63) is 32.8 Å². The monoisotopic (exact) mass is 291 g/mol. The van der Waals surface area contributed by atoms with Crippen LogP contribution in [0.3, 0.4) is 0 Å². The van der Waals surface area contributed by atoms with Crippen molar-refractivity contribution < 1.29 is 22.9 Å². The number of halogens is 3. The summed E-state index contributed by atoms with van der Waals surface area (Å²) in [6, 6.07) is 1.61. The lowest BCUT2D eigenvalue weighted by Gasteiger charge is -2.06. The molecule has 1 amide bonds. The van der Waals surface area contributed by atoms with Crippen molar-refractivity contribution in [2.75, 3.05) is 0 Å². The topological polar surface area (TPSA) is 99.1 Å². The van der Waals surface area contributed by atoms with Crippen LogP contribution in [-0.2, 0) is 6.18 Å². The number of nitro benzene ring substituents is 1. The zero-order valence-electron chi connectivity index (χ0n) is 8.89. The van der Waals surface area contributed by atoms with Crippen molar-refractivity contribution in [3.8, 4) is 0 Å². The SMILES string of the molecule is NC(=O)c1nc2c([N+](=O)[O-])c(C(F)(F)F)ccc2s1. The van der Waals surface area contributed by atoms with Gasteiger partial charge in [0.25, 0.3) is 5.91 Å². The Bertz CT molecular complexity index is 695. The largest absolute Gasteiger partial charge is 0.423 e. The highest BCUT2D eigenvalue weighted by atomic mass is 32.1. The first-order valence-corrected chi connectivity index (χ1v) is 5.48. The minimum absolute atomic E-state index is 0.0912. The van der Waals surface area contributed by atoms with Crippen molar-refractivity contribution in [2.24, 2.45) is 5.73 Å². The summed E-state index contributed by atoms with van der Waals surface area (Å²) in [7, 11) is 0. The Balaban J connectivity index is 2.84. The Morgan fingerprint density at radius 3 is 2.53 bits per heavy atom. The highest BCUT2D eigenvalue weighted by Crippen LogP contribution is 2.41. The van der Waals surface area contributed by atoms with Crippen LogP contribution in [0.1, 0.15) is 15.4 Å². The molecule has 0 aliphatic heterocycles. The molecule has 0 saturated carbocycles. The summed E-state index contributed by atoms with van der Waals surface area (Å²) < 4.78 is 38.1. The molecule has 10 heteroatoms. The Kier molecular flexibility index (Phi) is 2.89. The van der Waals surface area contributed by atoms with E-state index < -0.39 is 33.8 Å². The third-order valence-electron chi connectivity index (χ3n) is 2.23. The van der Waals surface area contributed by atoms with Crippen LogP contribution in [0.5, 0.6) is 0 Å². The van der Waals surface area contributed by atoms with Crippen molar-refractivity contribution in [1.82, 2.24) is 4.98 Å². The predicted molar refractivity (Wildman–Crippen MR) is 59.8 cm³/mol. The molecule has 1 heterocycles. The predicted octanol–water partition coefficient (Wildman–Crippen LogP) is 2.32. The number of amides is 1. The maximum Gasteiger partial charge on any atom is 0.423 e. The van der Waals surface area contributed by atoms with Crippen LogP contribution in [0.4, 0.5) is 18.9 Å². The highest BCUT2D eigenvalue weighted by Gasteiger charge is 2.40. The van der Waals surface area contributed by atoms with Gasteiger partial charge in [0.05, 0.1) is 9.62 Å². The molecule has 0 aliphatic rings. The Hall–Kier alpha value is -2.23. The number of thiazole rings is 1. The standard InChI is InChI=1S/C9H4F3N3O3S/c10-9(11,12)3-1-2-4-5(6(3)15(17)18)14-8(19-4)7(13)16/h1-2H,(H2,13,16). The van der Waals surface area contributed by atoms with E-state index >= 15 is 0 Å². The second kappa shape index (κ2) is 4.16. The fourth-order valence-electron chi connectivity index (χ4n) is 1.50. The van der Waals surface area contributed by atoms with E-state index in [9.17, 15) is 28.1 Å². The number of nitrogens with zero attached hydrogens (tertiary/aromatic N) is 2. The van der Waals surface area contributed by atoms with Gasteiger partial charge in [0, 0.05) is 0 Å². The van der Waals surface area contributed by atoms with E-state index in [4.69, 9.17) is 5.73 Å². The highest BCUT2D eigenvalue weighted by molar-refractivity contribution is 7.20. The van der Waals surface area contributed by atoms with E-state index in [0.29, 0.717) is 17.4 Å². The quantitative estimate of drug-likeness (QED) is 0.678. The molecule has 2 N–H and O–H groups in total. The van der Waals surface area contributed by atoms with Crippen molar-refractivity contribution in [3.63, 3.8) is 0 Å². The first kappa shape index (κ1) is 13.2. The number of fused-ring (bicyclic) bond motifs is 1. The number of hydrogen-bond donors (Lipinski definition) is 1. The van der Waals surface area contributed by atoms with Gasteiger partial charge in [0.2, 0.25) is 0 Å². The maximum absolute atomic E-state index is 12.7. The number of aromatic nitrogens is 1. The smallest absolute Gasteiger partial charge is 0.364 e. The first-order chi connectivity index (χ1) is 8.71. The number of primary amides is 1. The van der Waals surface area contributed by atoms with Crippen LogP contribution in [-0.4, -0.2) is 15.8 Å². The van der Waals surface area contributed by atoms with Gasteiger partial charge in [-0.2, -0.15) is 13.2 Å². The summed E-state index contributed by atoms with van der Waals surface area (Å²) in [5.74, 6) is -0.955. The van der Waals surface area contributed by atoms with Crippen molar-refractivity contribution in [2.45, 2.75) is 6.18 Å². The number of alkyl halides is 3. The summed E-state index contributed by atoms with van der Waals surface area (Å²) in [6.07, 6.45) is -4.88. The lowest BCUT2D eigenvalue weighted by atomic mass is 10.1. The Morgan fingerprint density at radius 2 is 2.05 bits per heavy atom. The third kappa shape index (κ3) is 2.21. The van der Waals surface area contributed by atoms with Crippen molar-refractivity contribution in [1.29, 1.82) is 0 Å². The summed E-state index contributed by atoms with van der Waals surface area (Å²) in [5.41, 5.74) is 1.87. The number of carbonyl (C=O) groups is 1. The second-order valence-electron chi connectivity index (χ2n) is 3.45. The van der Waals surface area contributed by atoms with Crippen LogP contribution in [0.15, 0.2) is 12.1 Å². The van der Waals surface area contributed by atoms with Gasteiger partial charge in [-0.1, -0.05) is 0 Å². The molecule has 6 nitrogen and oxygen atoms in total. The van der Waals surface area contributed by atoms with Crippen LogP contribution in [0, 0.1) is 10.1 Å². The molecule has 0 radical (unpaired) electrons. The third-order valence-corrected chi connectivity index (χ3v) is 3.27. The molecule has 0 atom stereocenters. The molecular weight excluding hydrogens is 287 g/mol. The average Bonchev–Trinajstić information content (AvgIpc) is 2.69. The zero-order valence-corrected chi connectivity index (χ0v) is 9.71. The van der Waals surface area contributed by atoms with Crippen LogP contribution in [0.25, 0.3) is 10.2 Å². The molecule has 0 fully saturated rings. The molecule has 2 aromatic rings. The molecule has 100 valence electrons. The zero-order chi connectivity index (χ0) is 14.4. The summed E-state index contributed by atoms with van der Waals surface area (Å²) >= 11 is 0.699. The van der Waals surface area contributed by atoms with Gasteiger partial charge in [-0.25, -0.2) is 4.98 Å². The van der Waals surface area contributed by atoms with Gasteiger partial charge in [-0.05, 0) is 12.1 Å². The Labute approximate surface area is 106 Å². The summed E-state index contributed by atoms with van der Waals surface area (Å²) in [4.78, 5) is 24.1. The normalized spacial score (nSPS) is 11.7. The number of nitro groups is 1. The van der Waals surface area contributed by atoms with Gasteiger partial charge in [-0.3, -0.25) is 14.9 Å². The molecule has 0 bridgehead atoms. The van der Waals surface area contributed by atoms with E-state index in [0.717, 1.165) is 6.07 Å². The molecule has 1 aromatic heterocycles. The molecule has 19 heavy (non-hydrogen) atoms. The van der Waals surface area contributed by atoms with E-state index in [1.165, 1.54) is 0 Å². The number of rotatable bonds is 2. The maximum atomic E-state index is 12.7. The van der Waals surface area contributed by atoms with Crippen molar-refractivity contribution >= 4 is 33.1 Å². The average molecular weight is 291 g/mol. The van der Waals surface area contributed by atoms with E-state index in [2.05, 4.69) is 4.98 Å². The molecule has 0 aliphatic carbocycles. The van der Waals surface area contributed by atoms with Crippen LogP contribution >= 0.6 is 11.3 Å².